The van der Waals surface area contributed by atoms with Gasteiger partial charge in [0.15, 0.2) is 0 Å². The van der Waals surface area contributed by atoms with Crippen molar-refractivity contribution < 1.29 is 0 Å². The molecular weight excluding hydrogens is 257 g/mol. The van der Waals surface area contributed by atoms with Gasteiger partial charge in [0, 0.05) is 75.7 Å². The van der Waals surface area contributed by atoms with Crippen molar-refractivity contribution in [3.63, 3.8) is 0 Å². The van der Waals surface area contributed by atoms with Crippen molar-refractivity contribution in [3.8, 4) is 0 Å². The summed E-state index contributed by atoms with van der Waals surface area (Å²) in [5.41, 5.74) is 0. The molecule has 0 aromatic carbocycles. The Morgan fingerprint density at radius 2 is 0.875 bits per heavy atom. The Morgan fingerprint density at radius 1 is 0.625 bits per heavy atom. The molecule has 0 rings (SSSR count). The first-order chi connectivity index (χ1) is 3.55. The molecule has 0 unspecified atom stereocenters. The summed E-state index contributed by atoms with van der Waals surface area (Å²) in [4.78, 5) is 0. The maximum absolute atomic E-state index is 4.82. The second-order valence-corrected chi connectivity index (χ2v) is 16.5. The second-order valence-electron chi connectivity index (χ2n) is 0.612. The number of hydrogen-bond donors (Lipinski definition) is 0. The average molecular weight is 257 g/mol. The van der Waals surface area contributed by atoms with E-state index in [0.29, 0.717) is 0 Å². The fourth-order valence-corrected chi connectivity index (χ4v) is 11.0. The van der Waals surface area contributed by atoms with Crippen LogP contribution in [0.3, 0.4) is 0 Å². The van der Waals surface area contributed by atoms with Crippen LogP contribution in [-0.2, 0) is 75.7 Å². The number of hydrogen-bond acceptors (Lipinski definition) is 5. The molecule has 0 bridgehead atoms. The van der Waals surface area contributed by atoms with E-state index in [2.05, 4.69) is 0 Å². The summed E-state index contributed by atoms with van der Waals surface area (Å²) >= 11 is 23.6. The number of rotatable bonds is 0. The van der Waals surface area contributed by atoms with Crippen LogP contribution in [0.5, 0.6) is 0 Å². The Bertz CT molecular complexity index is 337. The van der Waals surface area contributed by atoms with Crippen molar-refractivity contribution in [2.45, 2.75) is 0 Å². The first-order valence-corrected chi connectivity index (χ1v) is 10.5. The third-order valence-corrected chi connectivity index (χ3v) is 18.0. The van der Waals surface area contributed by atoms with Gasteiger partial charge in [-0.3, -0.25) is 0 Å². The maximum atomic E-state index is 4.82. The van der Waals surface area contributed by atoms with Gasteiger partial charge in [0.05, 0.1) is 0 Å². The van der Waals surface area contributed by atoms with E-state index in [1.165, 1.54) is 0 Å². The van der Waals surface area contributed by atoms with Crippen molar-refractivity contribution in [2.75, 3.05) is 0 Å². The van der Waals surface area contributed by atoms with Gasteiger partial charge in [-0.2, -0.15) is 0 Å². The highest BCUT2D eigenvalue weighted by Gasteiger charge is 1.51. The molecule has 48 valence electrons. The highest BCUT2D eigenvalue weighted by Crippen LogP contribution is 1.51. The highest BCUT2D eigenvalue weighted by atomic mass is 33.6. The van der Waals surface area contributed by atoms with Crippen LogP contribution in [0.25, 0.3) is 0 Å². The molecule has 0 nitrogen and oxygen atoms in total. The maximum Gasteiger partial charge on any atom is 0 e. The summed E-state index contributed by atoms with van der Waals surface area (Å²) in [5, 5.41) is 0. The molecule has 0 amide bonds. The van der Waals surface area contributed by atoms with Crippen molar-refractivity contribution in [2.24, 2.45) is 0 Å². The first kappa shape index (κ1) is 9.76. The van der Waals surface area contributed by atoms with Crippen LogP contribution in [0.1, 0.15) is 0 Å². The smallest absolute Gasteiger partial charge is 0 e. The molecule has 0 atom stereocenters. The topological polar surface area (TPSA) is 0 Å². The molecule has 8 heteroatoms. The van der Waals surface area contributed by atoms with Gasteiger partial charge in [0.2, 0.25) is 0 Å². The molecule has 0 aliphatic rings. The summed E-state index contributed by atoms with van der Waals surface area (Å²) in [5.74, 6) is 0. The molecule has 0 aliphatic carbocycles. The van der Waals surface area contributed by atoms with Gasteiger partial charge in [0.1, 0.15) is 0 Å². The Labute approximate surface area is 74.6 Å². The summed E-state index contributed by atoms with van der Waals surface area (Å²) in [6.45, 7) is -1.63. The van der Waals surface area contributed by atoms with E-state index >= 15 is 0 Å². The van der Waals surface area contributed by atoms with Crippen molar-refractivity contribution in [3.05, 3.63) is 0 Å². The molecule has 0 saturated heterocycles. The van der Waals surface area contributed by atoms with E-state index in [1.807, 2.05) is 0 Å². The lowest BCUT2D eigenvalue weighted by Gasteiger charge is -1.51. The van der Waals surface area contributed by atoms with E-state index in [1.54, 1.807) is 0 Å². The van der Waals surface area contributed by atoms with Crippen LogP contribution in [-0.4, -0.2) is 0 Å². The minimum Gasteiger partial charge on any atom is 0 e. The van der Waals surface area contributed by atoms with Crippen molar-refractivity contribution in [1.82, 2.24) is 0 Å². The average Bonchev–Trinajstić information content (AvgIpc) is 1.64. The molecule has 0 aromatic rings. The molecule has 0 radical (unpaired) electrons. The molecular formula is S8. The van der Waals surface area contributed by atoms with Gasteiger partial charge < -0.3 is 0 Å². The standard InChI is InChI=1S/S8/c1-6(2)8(5)7(3)4. The summed E-state index contributed by atoms with van der Waals surface area (Å²) < 4.78 is 0. The molecule has 0 heterocycles. The monoisotopic (exact) mass is 256 g/mol. The molecule has 0 aliphatic heterocycles. The lowest BCUT2D eigenvalue weighted by Crippen LogP contribution is -1.51. The van der Waals surface area contributed by atoms with Gasteiger partial charge in [0.25, 0.3) is 0 Å². The lowest BCUT2D eigenvalue weighted by atomic mass is 30.6. The van der Waals surface area contributed by atoms with Crippen LogP contribution in [0.15, 0.2) is 0 Å². The van der Waals surface area contributed by atoms with E-state index < -0.39 is 19.7 Å². The fourth-order valence-electron chi connectivity index (χ4n) is 0.0454. The molecule has 8 heavy (non-hydrogen) atoms. The molecule has 0 aromatic heterocycles. The van der Waals surface area contributed by atoms with Crippen molar-refractivity contribution in [1.29, 1.82) is 0 Å². The Hall–Kier alpha value is 1.76. The predicted octanol–water partition coefficient (Wildman–Crippen LogP) is -0.0192. The Kier molecular flexibility index (Phi) is 5.56. The van der Waals surface area contributed by atoms with E-state index in [0.717, 1.165) is 0 Å². The third-order valence-electron chi connectivity index (χ3n) is 0.222. The Morgan fingerprint density at radius 3 is 0.875 bits per heavy atom. The minimum atomic E-state index is -0.577. The predicted molar refractivity (Wildman–Crippen MR) is 58.9 cm³/mol. The normalized spacial score (nSPS) is 8.00. The zero-order valence-corrected chi connectivity index (χ0v) is 9.80. The van der Waals surface area contributed by atoms with Crippen LogP contribution >= 0.6 is 0 Å². The van der Waals surface area contributed by atoms with Gasteiger partial charge in [-0.15, -0.1) is 0 Å². The Balaban J connectivity index is 6.93. The van der Waals surface area contributed by atoms with E-state index in [9.17, 15) is 0 Å². The minimum absolute atomic E-state index is 0.475. The van der Waals surface area contributed by atoms with Crippen LogP contribution in [0.2, 0.25) is 0 Å². The molecule has 0 saturated carbocycles. The molecule has 0 spiro atoms. The fraction of sp³-hybridized carbons (Fsp3) is 0. The van der Waals surface area contributed by atoms with Crippen LogP contribution < -0.4 is 0 Å². The zero-order valence-electron chi connectivity index (χ0n) is 3.27. The zero-order chi connectivity index (χ0) is 6.73. The van der Waals surface area contributed by atoms with Gasteiger partial charge in [-0.25, -0.2) is 0 Å². The first-order valence-electron chi connectivity index (χ1n) is 1.17. The molecule has 0 fully saturated rings. The summed E-state index contributed by atoms with van der Waals surface area (Å²) in [6.07, 6.45) is 0. The van der Waals surface area contributed by atoms with Gasteiger partial charge in [-0.1, -0.05) is 0 Å². The largest absolute Gasteiger partial charge is 0 e. The van der Waals surface area contributed by atoms with Crippen LogP contribution in [0, 0.1) is 0 Å². The molecule has 0 N–H and O–H groups in total. The second kappa shape index (κ2) is 4.56. The SMILES string of the molecule is S=S(=S)=S(=S)=S(=S)=S. The summed E-state index contributed by atoms with van der Waals surface area (Å²) in [7, 11) is 0. The third kappa shape index (κ3) is 3.72. The lowest BCUT2D eigenvalue weighted by molar-refractivity contribution is 5.86. The van der Waals surface area contributed by atoms with Crippen LogP contribution in [0.4, 0.5) is 0 Å². The van der Waals surface area contributed by atoms with E-state index in [4.69, 9.17) is 55.9 Å². The van der Waals surface area contributed by atoms with Gasteiger partial charge >= 0.3 is 0 Å². The quantitative estimate of drug-likeness (QED) is 0.596. The summed E-state index contributed by atoms with van der Waals surface area (Å²) in [6, 6.07) is 0. The van der Waals surface area contributed by atoms with Crippen molar-refractivity contribution >= 4 is 75.7 Å². The van der Waals surface area contributed by atoms with E-state index in [-0.39, 0.29) is 0 Å². The van der Waals surface area contributed by atoms with Gasteiger partial charge in [-0.05, 0) is 0 Å². The highest BCUT2D eigenvalue weighted by molar-refractivity contribution is 8.88.